The van der Waals surface area contributed by atoms with E-state index in [9.17, 15) is 19.2 Å². The van der Waals surface area contributed by atoms with Crippen LogP contribution in [0.5, 0.6) is 11.5 Å². The molecule has 1 unspecified atom stereocenters. The lowest BCUT2D eigenvalue weighted by molar-refractivity contribution is -0.140. The van der Waals surface area contributed by atoms with Gasteiger partial charge < -0.3 is 19.1 Å². The molecule has 170 valence electrons. The molecule has 5 rings (SSSR count). The van der Waals surface area contributed by atoms with E-state index in [1.54, 1.807) is 12.1 Å². The van der Waals surface area contributed by atoms with Crippen LogP contribution in [0.1, 0.15) is 35.2 Å². The van der Waals surface area contributed by atoms with Gasteiger partial charge in [-0.2, -0.15) is 0 Å². The molecular weight excluding hydrogens is 428 g/mol. The number of hydrogen-bond donors (Lipinski definition) is 0. The third kappa shape index (κ3) is 3.90. The van der Waals surface area contributed by atoms with Gasteiger partial charge in [-0.1, -0.05) is 6.07 Å². The van der Waals surface area contributed by atoms with Crippen LogP contribution in [0.4, 0.5) is 5.69 Å². The number of carbonyl (C=O) groups excluding carboxylic acids is 4. The van der Waals surface area contributed by atoms with Gasteiger partial charge in [-0.25, -0.2) is 9.69 Å². The Morgan fingerprint density at radius 3 is 2.48 bits per heavy atom. The van der Waals surface area contributed by atoms with Crippen LogP contribution in [0.3, 0.4) is 0 Å². The summed E-state index contributed by atoms with van der Waals surface area (Å²) in [5.41, 5.74) is 1.45. The van der Waals surface area contributed by atoms with Crippen molar-refractivity contribution in [2.75, 3.05) is 18.8 Å². The van der Waals surface area contributed by atoms with E-state index in [-0.39, 0.29) is 31.6 Å². The first-order valence-corrected chi connectivity index (χ1v) is 10.7. The number of hydrogen-bond acceptors (Lipinski definition) is 7. The molecule has 0 radical (unpaired) electrons. The minimum Gasteiger partial charge on any atom is -0.465 e. The van der Waals surface area contributed by atoms with Crippen LogP contribution in [0, 0.1) is 5.92 Å². The molecule has 2 fully saturated rings. The molecule has 1 aliphatic carbocycles. The smallest absolute Gasteiger partial charge is 0.337 e. The molecule has 2 aromatic carbocycles. The van der Waals surface area contributed by atoms with Gasteiger partial charge in [0.05, 0.1) is 24.8 Å². The Morgan fingerprint density at radius 1 is 1.06 bits per heavy atom. The Hall–Kier alpha value is -3.88. The first kappa shape index (κ1) is 21.0. The average molecular weight is 450 g/mol. The summed E-state index contributed by atoms with van der Waals surface area (Å²) in [6, 6.07) is 10.5. The Labute approximate surface area is 189 Å². The van der Waals surface area contributed by atoms with Gasteiger partial charge in [-0.05, 0) is 54.8 Å². The van der Waals surface area contributed by atoms with Crippen molar-refractivity contribution in [1.82, 2.24) is 4.90 Å². The number of esters is 1. The number of benzene rings is 2. The van der Waals surface area contributed by atoms with Crippen LogP contribution >= 0.6 is 0 Å². The fourth-order valence-corrected chi connectivity index (χ4v) is 4.14. The first-order chi connectivity index (χ1) is 16.0. The van der Waals surface area contributed by atoms with Crippen LogP contribution in [-0.2, 0) is 25.7 Å². The summed E-state index contributed by atoms with van der Waals surface area (Å²) in [5, 5.41) is 0. The molecule has 33 heavy (non-hydrogen) atoms. The van der Waals surface area contributed by atoms with Crippen molar-refractivity contribution in [3.05, 3.63) is 53.6 Å². The number of amides is 3. The number of rotatable bonds is 6. The molecule has 0 bridgehead atoms. The third-order valence-corrected chi connectivity index (χ3v) is 6.05. The molecule has 0 aromatic heterocycles. The second kappa shape index (κ2) is 8.23. The first-order valence-electron chi connectivity index (χ1n) is 10.7. The van der Waals surface area contributed by atoms with Gasteiger partial charge in [0.25, 0.3) is 5.91 Å². The van der Waals surface area contributed by atoms with Crippen molar-refractivity contribution in [3.8, 4) is 11.5 Å². The highest BCUT2D eigenvalue weighted by Crippen LogP contribution is 2.37. The molecule has 2 aliphatic heterocycles. The van der Waals surface area contributed by atoms with E-state index in [0.717, 1.165) is 23.3 Å². The maximum Gasteiger partial charge on any atom is 0.337 e. The highest BCUT2D eigenvalue weighted by atomic mass is 16.7. The fourth-order valence-electron chi connectivity index (χ4n) is 4.14. The predicted molar refractivity (Wildman–Crippen MR) is 115 cm³/mol. The zero-order valence-corrected chi connectivity index (χ0v) is 18.0. The summed E-state index contributed by atoms with van der Waals surface area (Å²) in [6.45, 7) is 0.327. The van der Waals surface area contributed by atoms with E-state index >= 15 is 0 Å². The number of ether oxygens (including phenoxy) is 3. The van der Waals surface area contributed by atoms with Crippen molar-refractivity contribution in [2.24, 2.45) is 5.92 Å². The van der Waals surface area contributed by atoms with Crippen molar-refractivity contribution in [2.45, 2.75) is 31.8 Å². The van der Waals surface area contributed by atoms with Crippen molar-refractivity contribution < 1.29 is 33.4 Å². The van der Waals surface area contributed by atoms with Crippen LogP contribution in [0.25, 0.3) is 0 Å². The number of methoxy groups -OCH3 is 1. The molecule has 1 saturated carbocycles. The molecule has 0 spiro atoms. The summed E-state index contributed by atoms with van der Waals surface area (Å²) in [5.74, 6) is -0.379. The van der Waals surface area contributed by atoms with Crippen LogP contribution in [-0.4, -0.2) is 48.5 Å². The van der Waals surface area contributed by atoms with E-state index in [0.29, 0.717) is 22.7 Å². The van der Waals surface area contributed by atoms with Gasteiger partial charge in [0.15, 0.2) is 11.5 Å². The van der Waals surface area contributed by atoms with Crippen LogP contribution in [0.2, 0.25) is 0 Å². The number of fused-ring (bicyclic) bond motifs is 1. The minimum absolute atomic E-state index is 0.0966. The Balaban J connectivity index is 1.40. The molecule has 9 heteroatoms. The van der Waals surface area contributed by atoms with E-state index in [4.69, 9.17) is 9.47 Å². The Bertz CT molecular complexity index is 1140. The highest BCUT2D eigenvalue weighted by molar-refractivity contribution is 6.23. The summed E-state index contributed by atoms with van der Waals surface area (Å²) in [7, 11) is 1.28. The summed E-state index contributed by atoms with van der Waals surface area (Å²) in [4.78, 5) is 53.5. The molecule has 3 aliphatic rings. The molecule has 2 aromatic rings. The van der Waals surface area contributed by atoms with Gasteiger partial charge in [-0.15, -0.1) is 0 Å². The lowest BCUT2D eigenvalue weighted by atomic mass is 10.1. The maximum absolute atomic E-state index is 13.3. The van der Waals surface area contributed by atoms with Crippen LogP contribution < -0.4 is 14.4 Å². The zero-order chi connectivity index (χ0) is 23.1. The quantitative estimate of drug-likeness (QED) is 0.491. The van der Waals surface area contributed by atoms with Gasteiger partial charge in [0, 0.05) is 12.5 Å². The number of nitrogens with zero attached hydrogens (tertiary/aromatic N) is 2. The molecule has 1 saturated heterocycles. The normalized spacial score (nSPS) is 19.1. The lowest BCUT2D eigenvalue weighted by Crippen LogP contribution is -2.45. The molecule has 0 N–H and O–H groups in total. The molecule has 1 atom stereocenters. The predicted octanol–water partition coefficient (Wildman–Crippen LogP) is 2.27. The van der Waals surface area contributed by atoms with E-state index in [2.05, 4.69) is 4.74 Å². The van der Waals surface area contributed by atoms with Crippen molar-refractivity contribution in [1.29, 1.82) is 0 Å². The summed E-state index contributed by atoms with van der Waals surface area (Å²) in [6.07, 6.45) is 1.47. The van der Waals surface area contributed by atoms with Gasteiger partial charge in [0.2, 0.25) is 18.6 Å². The SMILES string of the molecule is COC(=O)c1ccc(N2C(=O)CC(N(Cc3ccc4c(c3)OCO4)C(=O)C3CC3)C2=O)cc1. The zero-order valence-electron chi connectivity index (χ0n) is 18.0. The van der Waals surface area contributed by atoms with Crippen molar-refractivity contribution >= 4 is 29.4 Å². The largest absolute Gasteiger partial charge is 0.465 e. The standard InChI is InChI=1S/C24H22N2O7/c1-31-24(30)16-5-7-17(8-6-16)26-21(27)11-18(23(26)29)25(22(28)15-3-4-15)12-14-2-9-19-20(10-14)33-13-32-19/h2,5-10,15,18H,3-4,11-13H2,1H3. The third-order valence-electron chi connectivity index (χ3n) is 6.05. The van der Waals surface area contributed by atoms with Gasteiger partial charge in [0.1, 0.15) is 6.04 Å². The van der Waals surface area contributed by atoms with Crippen molar-refractivity contribution in [3.63, 3.8) is 0 Å². The maximum atomic E-state index is 13.3. The van der Waals surface area contributed by atoms with Gasteiger partial charge >= 0.3 is 5.97 Å². The lowest BCUT2D eigenvalue weighted by Gasteiger charge is -2.28. The second-order valence-electron chi connectivity index (χ2n) is 8.25. The highest BCUT2D eigenvalue weighted by Gasteiger charge is 2.47. The Morgan fingerprint density at radius 2 is 1.79 bits per heavy atom. The molecule has 3 amide bonds. The fraction of sp³-hybridized carbons (Fsp3) is 0.333. The monoisotopic (exact) mass is 450 g/mol. The second-order valence-corrected chi connectivity index (χ2v) is 8.25. The van der Waals surface area contributed by atoms with E-state index < -0.39 is 23.8 Å². The minimum atomic E-state index is -0.892. The van der Waals surface area contributed by atoms with Gasteiger partial charge in [-0.3, -0.25) is 14.4 Å². The molecular formula is C24H22N2O7. The average Bonchev–Trinajstić information content (AvgIpc) is 3.50. The Kier molecular flexibility index (Phi) is 5.24. The number of carbonyl (C=O) groups is 4. The topological polar surface area (TPSA) is 102 Å². The number of imide groups is 1. The van der Waals surface area contributed by atoms with E-state index in [1.807, 2.05) is 6.07 Å². The van der Waals surface area contributed by atoms with Crippen LogP contribution in [0.15, 0.2) is 42.5 Å². The number of anilines is 1. The molecule has 9 nitrogen and oxygen atoms in total. The summed E-state index contributed by atoms with van der Waals surface area (Å²) < 4.78 is 15.5. The summed E-state index contributed by atoms with van der Waals surface area (Å²) >= 11 is 0. The molecule has 2 heterocycles. The van der Waals surface area contributed by atoms with E-state index in [1.165, 1.54) is 36.3 Å².